The van der Waals surface area contributed by atoms with Crippen molar-refractivity contribution in [2.24, 2.45) is 0 Å². The first kappa shape index (κ1) is 14.4. The number of hydrogen-bond acceptors (Lipinski definition) is 3. The SMILES string of the molecule is C=C(C)C(=O)OCCCCO[Si](C)(C)C. The van der Waals surface area contributed by atoms with Gasteiger partial charge < -0.3 is 9.16 Å². The van der Waals surface area contributed by atoms with Crippen molar-refractivity contribution in [3.05, 3.63) is 12.2 Å². The van der Waals surface area contributed by atoms with Crippen LogP contribution in [0, 0.1) is 0 Å². The molecule has 0 aliphatic rings. The van der Waals surface area contributed by atoms with Crippen LogP contribution in [0.4, 0.5) is 0 Å². The maximum Gasteiger partial charge on any atom is 0.333 e. The fourth-order valence-electron chi connectivity index (χ4n) is 0.871. The van der Waals surface area contributed by atoms with Crippen molar-refractivity contribution in [2.45, 2.75) is 39.4 Å². The second kappa shape index (κ2) is 6.79. The van der Waals surface area contributed by atoms with Gasteiger partial charge in [-0.1, -0.05) is 6.58 Å². The van der Waals surface area contributed by atoms with Gasteiger partial charge in [-0.2, -0.15) is 0 Å². The van der Waals surface area contributed by atoms with Crippen molar-refractivity contribution in [2.75, 3.05) is 13.2 Å². The average molecular weight is 230 g/mol. The van der Waals surface area contributed by atoms with Crippen LogP contribution >= 0.6 is 0 Å². The van der Waals surface area contributed by atoms with Gasteiger partial charge in [-0.15, -0.1) is 0 Å². The van der Waals surface area contributed by atoms with Gasteiger partial charge in [0, 0.05) is 12.2 Å². The molecule has 3 nitrogen and oxygen atoms in total. The molecule has 0 bridgehead atoms. The Morgan fingerprint density at radius 3 is 2.20 bits per heavy atom. The molecule has 0 aromatic rings. The molecule has 4 heteroatoms. The predicted octanol–water partition coefficient (Wildman–Crippen LogP) is 2.74. The lowest BCUT2D eigenvalue weighted by atomic mass is 10.3. The lowest BCUT2D eigenvalue weighted by Gasteiger charge is -2.16. The molecule has 0 N–H and O–H groups in total. The normalized spacial score (nSPS) is 11.2. The quantitative estimate of drug-likeness (QED) is 0.292. The Kier molecular flexibility index (Phi) is 6.52. The van der Waals surface area contributed by atoms with Crippen LogP contribution in [0.3, 0.4) is 0 Å². The van der Waals surface area contributed by atoms with Gasteiger partial charge in [0.25, 0.3) is 0 Å². The van der Waals surface area contributed by atoms with Crippen LogP contribution in [0.25, 0.3) is 0 Å². The number of unbranched alkanes of at least 4 members (excludes halogenated alkanes) is 1. The molecule has 0 aromatic heterocycles. The summed E-state index contributed by atoms with van der Waals surface area (Å²) in [6.45, 7) is 12.9. The highest BCUT2D eigenvalue weighted by Gasteiger charge is 2.13. The van der Waals surface area contributed by atoms with E-state index in [2.05, 4.69) is 26.2 Å². The lowest BCUT2D eigenvalue weighted by Crippen LogP contribution is -2.25. The third-order valence-electron chi connectivity index (χ3n) is 1.66. The molecule has 0 rings (SSSR count). The van der Waals surface area contributed by atoms with Gasteiger partial charge in [0.2, 0.25) is 0 Å². The molecular weight excluding hydrogens is 208 g/mol. The zero-order chi connectivity index (χ0) is 11.9. The summed E-state index contributed by atoms with van der Waals surface area (Å²) in [7, 11) is -1.38. The maximum absolute atomic E-state index is 11.0. The van der Waals surface area contributed by atoms with E-state index >= 15 is 0 Å². The van der Waals surface area contributed by atoms with Gasteiger partial charge in [0.1, 0.15) is 0 Å². The van der Waals surface area contributed by atoms with Crippen molar-refractivity contribution >= 4 is 14.3 Å². The molecule has 0 fully saturated rings. The highest BCUT2D eigenvalue weighted by molar-refractivity contribution is 6.69. The van der Waals surface area contributed by atoms with Crippen molar-refractivity contribution in [3.63, 3.8) is 0 Å². The number of hydrogen-bond donors (Lipinski definition) is 0. The highest BCUT2D eigenvalue weighted by Crippen LogP contribution is 2.04. The average Bonchev–Trinajstić information content (AvgIpc) is 2.08. The van der Waals surface area contributed by atoms with Crippen molar-refractivity contribution in [1.29, 1.82) is 0 Å². The highest BCUT2D eigenvalue weighted by atomic mass is 28.4. The van der Waals surface area contributed by atoms with Crippen LogP contribution in [0.5, 0.6) is 0 Å². The van der Waals surface area contributed by atoms with Gasteiger partial charge in [-0.05, 0) is 39.4 Å². The number of ether oxygens (including phenoxy) is 1. The van der Waals surface area contributed by atoms with E-state index in [1.807, 2.05) is 0 Å². The summed E-state index contributed by atoms with van der Waals surface area (Å²) in [6.07, 6.45) is 1.79. The van der Waals surface area contributed by atoms with Gasteiger partial charge in [-0.25, -0.2) is 4.79 Å². The van der Waals surface area contributed by atoms with Crippen molar-refractivity contribution < 1.29 is 14.0 Å². The molecule has 0 amide bonds. The van der Waals surface area contributed by atoms with Gasteiger partial charge in [0.05, 0.1) is 6.61 Å². The zero-order valence-electron chi connectivity index (χ0n) is 10.3. The van der Waals surface area contributed by atoms with E-state index in [0.717, 1.165) is 19.4 Å². The predicted molar refractivity (Wildman–Crippen MR) is 64.3 cm³/mol. The van der Waals surface area contributed by atoms with Gasteiger partial charge in [-0.3, -0.25) is 0 Å². The molecule has 0 saturated heterocycles. The molecule has 0 atom stereocenters. The number of esters is 1. The summed E-state index contributed by atoms with van der Waals surface area (Å²) < 4.78 is 10.6. The summed E-state index contributed by atoms with van der Waals surface area (Å²) in [6, 6.07) is 0. The number of rotatable bonds is 7. The van der Waals surface area contributed by atoms with Crippen LogP contribution in [-0.2, 0) is 14.0 Å². The minimum Gasteiger partial charge on any atom is -0.462 e. The molecular formula is C11H22O3Si. The Labute approximate surface area is 93.6 Å². The molecule has 0 unspecified atom stereocenters. The minimum absolute atomic E-state index is 0.305. The first-order valence-electron chi connectivity index (χ1n) is 5.29. The summed E-state index contributed by atoms with van der Waals surface area (Å²) in [5, 5.41) is 0. The molecule has 88 valence electrons. The first-order chi connectivity index (χ1) is 6.83. The van der Waals surface area contributed by atoms with Gasteiger partial charge >= 0.3 is 5.97 Å². The Hall–Kier alpha value is -0.613. The molecule has 0 radical (unpaired) electrons. The van der Waals surface area contributed by atoms with Crippen molar-refractivity contribution in [1.82, 2.24) is 0 Å². The Bertz CT molecular complexity index is 218. The Morgan fingerprint density at radius 2 is 1.73 bits per heavy atom. The number of carbonyl (C=O) groups excluding carboxylic acids is 1. The zero-order valence-corrected chi connectivity index (χ0v) is 11.3. The van der Waals surface area contributed by atoms with E-state index in [-0.39, 0.29) is 5.97 Å². The molecule has 0 spiro atoms. The fraction of sp³-hybridized carbons (Fsp3) is 0.727. The van der Waals surface area contributed by atoms with Crippen LogP contribution in [0.1, 0.15) is 19.8 Å². The van der Waals surface area contributed by atoms with Crippen LogP contribution < -0.4 is 0 Å². The standard InChI is InChI=1S/C11H22O3Si/c1-10(2)11(12)13-8-6-7-9-14-15(3,4)5/h1,6-9H2,2-5H3. The van der Waals surface area contributed by atoms with Crippen LogP contribution in [0.2, 0.25) is 19.6 Å². The summed E-state index contributed by atoms with van der Waals surface area (Å²) in [4.78, 5) is 11.0. The minimum atomic E-state index is -1.38. The third kappa shape index (κ3) is 9.69. The van der Waals surface area contributed by atoms with Crippen molar-refractivity contribution in [3.8, 4) is 0 Å². The van der Waals surface area contributed by atoms with Gasteiger partial charge in [0.15, 0.2) is 8.32 Å². The monoisotopic (exact) mass is 230 g/mol. The van der Waals surface area contributed by atoms with E-state index in [4.69, 9.17) is 9.16 Å². The fourth-order valence-corrected chi connectivity index (χ4v) is 1.63. The second-order valence-corrected chi connectivity index (χ2v) is 9.10. The lowest BCUT2D eigenvalue weighted by molar-refractivity contribution is -0.139. The van der Waals surface area contributed by atoms with E-state index in [9.17, 15) is 4.79 Å². The topological polar surface area (TPSA) is 35.5 Å². The molecule has 0 heterocycles. The Morgan fingerprint density at radius 1 is 1.20 bits per heavy atom. The molecule has 15 heavy (non-hydrogen) atoms. The van der Waals surface area contributed by atoms with E-state index in [1.54, 1.807) is 6.92 Å². The third-order valence-corrected chi connectivity index (χ3v) is 2.73. The van der Waals surface area contributed by atoms with E-state index < -0.39 is 8.32 Å². The second-order valence-electron chi connectivity index (χ2n) is 4.58. The summed E-state index contributed by atoms with van der Waals surface area (Å²) in [5.74, 6) is -0.305. The molecule has 0 aliphatic carbocycles. The Balaban J connectivity index is 3.33. The van der Waals surface area contributed by atoms with Crippen LogP contribution in [0.15, 0.2) is 12.2 Å². The number of carbonyl (C=O) groups is 1. The molecule has 0 aromatic carbocycles. The van der Waals surface area contributed by atoms with Crippen LogP contribution in [-0.4, -0.2) is 27.5 Å². The molecule has 0 aliphatic heterocycles. The van der Waals surface area contributed by atoms with E-state index in [0.29, 0.717) is 12.2 Å². The molecule has 0 saturated carbocycles. The summed E-state index contributed by atoms with van der Waals surface area (Å²) in [5.41, 5.74) is 0.452. The smallest absolute Gasteiger partial charge is 0.333 e. The first-order valence-corrected chi connectivity index (χ1v) is 8.70. The summed E-state index contributed by atoms with van der Waals surface area (Å²) >= 11 is 0. The van der Waals surface area contributed by atoms with E-state index in [1.165, 1.54) is 0 Å². The maximum atomic E-state index is 11.0. The largest absolute Gasteiger partial charge is 0.462 e.